The third kappa shape index (κ3) is 7.97. The minimum absolute atomic E-state index is 0.107. The van der Waals surface area contributed by atoms with E-state index in [1.165, 1.54) is 34.9 Å². The van der Waals surface area contributed by atoms with E-state index in [0.717, 1.165) is 5.56 Å². The number of rotatable bonds is 11. The van der Waals surface area contributed by atoms with Gasteiger partial charge in [0, 0.05) is 19.5 Å². The number of carbonyl (C=O) groups excluding carboxylic acids is 3. The van der Waals surface area contributed by atoms with Crippen molar-refractivity contribution in [1.29, 1.82) is 0 Å². The molecule has 1 heterocycles. The van der Waals surface area contributed by atoms with Gasteiger partial charge >= 0.3 is 0 Å². The van der Waals surface area contributed by atoms with Gasteiger partial charge in [-0.05, 0) is 5.56 Å². The molecule has 3 amide bonds. The van der Waals surface area contributed by atoms with Crippen LogP contribution < -0.4 is 11.5 Å². The van der Waals surface area contributed by atoms with Gasteiger partial charge in [0.05, 0.1) is 11.5 Å². The Morgan fingerprint density at radius 3 is 2.19 bits per heavy atom. The van der Waals surface area contributed by atoms with Crippen LogP contribution in [0, 0.1) is 0 Å². The molecule has 8 nitrogen and oxygen atoms in total. The molecular formula is C16H19N5O3S3. The number of thioether (sulfide) groups is 2. The summed E-state index contributed by atoms with van der Waals surface area (Å²) in [7, 11) is 0. The molecule has 144 valence electrons. The molecular weight excluding hydrogens is 406 g/mol. The van der Waals surface area contributed by atoms with Crippen molar-refractivity contribution in [1.82, 2.24) is 15.1 Å². The van der Waals surface area contributed by atoms with Crippen LogP contribution in [-0.4, -0.2) is 50.9 Å². The van der Waals surface area contributed by atoms with E-state index in [0.29, 0.717) is 15.2 Å². The average molecular weight is 426 g/mol. The van der Waals surface area contributed by atoms with Crippen LogP contribution in [0.4, 0.5) is 0 Å². The summed E-state index contributed by atoms with van der Waals surface area (Å²) in [6, 6.07) is 9.54. The number of amides is 3. The summed E-state index contributed by atoms with van der Waals surface area (Å²) in [5.74, 6) is -0.692. The van der Waals surface area contributed by atoms with Crippen LogP contribution in [0.25, 0.3) is 0 Å². The molecule has 0 aliphatic rings. The smallest absolute Gasteiger partial charge is 0.233 e. The molecule has 4 N–H and O–H groups in total. The van der Waals surface area contributed by atoms with E-state index in [9.17, 15) is 14.4 Å². The highest BCUT2D eigenvalue weighted by atomic mass is 32.2. The molecule has 0 unspecified atom stereocenters. The van der Waals surface area contributed by atoms with E-state index in [-0.39, 0.29) is 30.4 Å². The monoisotopic (exact) mass is 425 g/mol. The molecule has 11 heteroatoms. The summed E-state index contributed by atoms with van der Waals surface area (Å²) in [5, 5.41) is 7.95. The zero-order valence-corrected chi connectivity index (χ0v) is 16.8. The Kier molecular flexibility index (Phi) is 8.55. The van der Waals surface area contributed by atoms with Crippen LogP contribution in [0.1, 0.15) is 12.0 Å². The zero-order chi connectivity index (χ0) is 19.6. The number of nitrogens with two attached hydrogens (primary N) is 2. The molecule has 2 rings (SSSR count). The van der Waals surface area contributed by atoms with Crippen LogP contribution in [0.2, 0.25) is 0 Å². The predicted molar refractivity (Wildman–Crippen MR) is 106 cm³/mol. The van der Waals surface area contributed by atoms with Gasteiger partial charge in [0.2, 0.25) is 17.7 Å². The fourth-order valence-electron chi connectivity index (χ4n) is 2.00. The van der Waals surface area contributed by atoms with Crippen LogP contribution >= 0.6 is 34.9 Å². The molecule has 0 aliphatic heterocycles. The lowest BCUT2D eigenvalue weighted by Gasteiger charge is -2.22. The van der Waals surface area contributed by atoms with Crippen molar-refractivity contribution in [2.75, 3.05) is 18.1 Å². The molecule has 0 saturated carbocycles. The summed E-state index contributed by atoms with van der Waals surface area (Å²) >= 11 is 3.78. The number of aromatic nitrogens is 2. The van der Waals surface area contributed by atoms with Crippen molar-refractivity contribution in [3.63, 3.8) is 0 Å². The van der Waals surface area contributed by atoms with E-state index in [1.54, 1.807) is 4.90 Å². The summed E-state index contributed by atoms with van der Waals surface area (Å²) in [6.07, 6.45) is 0.107. The first kappa shape index (κ1) is 21.2. The lowest BCUT2D eigenvalue weighted by atomic mass is 10.2. The summed E-state index contributed by atoms with van der Waals surface area (Å²) in [5.41, 5.74) is 11.3. The predicted octanol–water partition coefficient (Wildman–Crippen LogP) is 1.11. The van der Waals surface area contributed by atoms with Gasteiger partial charge < -0.3 is 16.4 Å². The Balaban J connectivity index is 1.92. The molecule has 0 atom stereocenters. The number of hydrogen-bond acceptors (Lipinski definition) is 8. The van der Waals surface area contributed by atoms with E-state index in [1.807, 2.05) is 30.3 Å². The maximum atomic E-state index is 12.6. The SMILES string of the molecule is NC(=O)CCN(Cc1ccccc1)C(=O)CSc1nnc(SCC(N)=O)s1. The Morgan fingerprint density at radius 2 is 1.59 bits per heavy atom. The second-order valence-corrected chi connectivity index (χ2v) is 8.82. The van der Waals surface area contributed by atoms with Crippen LogP contribution in [0.3, 0.4) is 0 Å². The molecule has 0 aliphatic carbocycles. The number of benzene rings is 1. The van der Waals surface area contributed by atoms with Gasteiger partial charge in [-0.25, -0.2) is 0 Å². The van der Waals surface area contributed by atoms with Crippen molar-refractivity contribution in [2.45, 2.75) is 21.6 Å². The fraction of sp³-hybridized carbons (Fsp3) is 0.312. The second-order valence-electron chi connectivity index (χ2n) is 5.39. The third-order valence-corrected chi connectivity index (χ3v) is 6.44. The molecule has 0 fully saturated rings. The maximum Gasteiger partial charge on any atom is 0.233 e. The maximum absolute atomic E-state index is 12.6. The lowest BCUT2D eigenvalue weighted by molar-refractivity contribution is -0.129. The van der Waals surface area contributed by atoms with Gasteiger partial charge in [-0.15, -0.1) is 10.2 Å². The minimum atomic E-state index is -0.450. The minimum Gasteiger partial charge on any atom is -0.370 e. The first-order chi connectivity index (χ1) is 12.9. The van der Waals surface area contributed by atoms with Gasteiger partial charge in [-0.3, -0.25) is 14.4 Å². The van der Waals surface area contributed by atoms with Crippen molar-refractivity contribution < 1.29 is 14.4 Å². The molecule has 2 aromatic rings. The van der Waals surface area contributed by atoms with Gasteiger partial charge in [-0.1, -0.05) is 65.2 Å². The molecule has 0 saturated heterocycles. The van der Waals surface area contributed by atoms with Crippen molar-refractivity contribution in [3.8, 4) is 0 Å². The first-order valence-corrected chi connectivity index (χ1v) is 10.7. The summed E-state index contributed by atoms with van der Waals surface area (Å²) in [6.45, 7) is 0.669. The standard InChI is InChI=1S/C16H19N5O3S3/c17-12(22)6-7-21(8-11-4-2-1-3-5-11)14(24)10-26-16-20-19-15(27-16)25-9-13(18)23/h1-5H,6-10H2,(H2,17,22)(H2,18,23). The highest BCUT2D eigenvalue weighted by Crippen LogP contribution is 2.28. The van der Waals surface area contributed by atoms with Crippen molar-refractivity contribution >= 4 is 52.6 Å². The van der Waals surface area contributed by atoms with Crippen LogP contribution in [-0.2, 0) is 20.9 Å². The molecule has 1 aromatic heterocycles. The molecule has 27 heavy (non-hydrogen) atoms. The highest BCUT2D eigenvalue weighted by molar-refractivity contribution is 8.03. The fourth-order valence-corrected chi connectivity index (χ4v) is 4.66. The highest BCUT2D eigenvalue weighted by Gasteiger charge is 2.17. The number of primary amides is 2. The van der Waals surface area contributed by atoms with Gasteiger partial charge in [0.15, 0.2) is 8.68 Å². The summed E-state index contributed by atoms with van der Waals surface area (Å²) < 4.78 is 1.25. The van der Waals surface area contributed by atoms with E-state index >= 15 is 0 Å². The van der Waals surface area contributed by atoms with Crippen LogP contribution in [0.15, 0.2) is 39.0 Å². The quantitative estimate of drug-likeness (QED) is 0.515. The summed E-state index contributed by atoms with van der Waals surface area (Å²) in [4.78, 5) is 36.1. The third-order valence-electron chi connectivity index (χ3n) is 3.24. The van der Waals surface area contributed by atoms with Gasteiger partial charge in [0.1, 0.15) is 0 Å². The van der Waals surface area contributed by atoms with E-state index in [4.69, 9.17) is 11.5 Å². The normalized spacial score (nSPS) is 10.5. The average Bonchev–Trinajstić information content (AvgIpc) is 3.10. The second kappa shape index (κ2) is 10.9. The first-order valence-electron chi connectivity index (χ1n) is 7.91. The zero-order valence-electron chi connectivity index (χ0n) is 14.4. The molecule has 1 aromatic carbocycles. The van der Waals surface area contributed by atoms with Crippen molar-refractivity contribution in [3.05, 3.63) is 35.9 Å². The van der Waals surface area contributed by atoms with Crippen LogP contribution in [0.5, 0.6) is 0 Å². The van der Waals surface area contributed by atoms with E-state index in [2.05, 4.69) is 10.2 Å². The number of nitrogens with zero attached hydrogens (tertiary/aromatic N) is 3. The lowest BCUT2D eigenvalue weighted by Crippen LogP contribution is -2.34. The topological polar surface area (TPSA) is 132 Å². The number of hydrogen-bond donors (Lipinski definition) is 2. The molecule has 0 bridgehead atoms. The number of carbonyl (C=O) groups is 3. The van der Waals surface area contributed by atoms with Gasteiger partial charge in [0.25, 0.3) is 0 Å². The molecule has 0 spiro atoms. The van der Waals surface area contributed by atoms with E-state index < -0.39 is 11.8 Å². The van der Waals surface area contributed by atoms with Gasteiger partial charge in [-0.2, -0.15) is 0 Å². The Morgan fingerprint density at radius 1 is 0.963 bits per heavy atom. The Hall–Kier alpha value is -2.11. The Bertz CT molecular complexity index is 785. The largest absolute Gasteiger partial charge is 0.370 e. The Labute approximate surface area is 169 Å². The molecule has 0 radical (unpaired) electrons. The van der Waals surface area contributed by atoms with Crippen molar-refractivity contribution in [2.24, 2.45) is 11.5 Å².